The van der Waals surface area contributed by atoms with Gasteiger partial charge in [0.15, 0.2) is 6.10 Å². The van der Waals surface area contributed by atoms with Crippen molar-refractivity contribution in [2.24, 2.45) is 0 Å². The van der Waals surface area contributed by atoms with Crippen LogP contribution in [-0.4, -0.2) is 37.2 Å². The number of carbonyl (C=O) groups excluding carboxylic acids is 3. The van der Waals surface area contributed by atoms with E-state index >= 15 is 0 Å². The molecule has 0 aromatic rings. The van der Waals surface area contributed by atoms with Crippen molar-refractivity contribution in [3.05, 3.63) is 109 Å². The van der Waals surface area contributed by atoms with Gasteiger partial charge in [-0.2, -0.15) is 0 Å². The number of hydrogen-bond donors (Lipinski definition) is 0. The summed E-state index contributed by atoms with van der Waals surface area (Å²) in [5.41, 5.74) is 0. The number of carbonyl (C=O) groups is 3. The average molecular weight is 1000 g/mol. The SMILES string of the molecule is CC/C=C\C/C=C\C/C=C\C/C=C\C/C=C\C/C=C\CCC(=O)OCC(COC(=O)CCCCCCCCC/C=C\CCCCCCCC)OC(=O)CCCCCCC/C=C\C=C/CCCCCCCCC. The Labute approximate surface area is 444 Å². The molecule has 0 saturated carbocycles. The molecule has 0 aliphatic heterocycles. The van der Waals surface area contributed by atoms with E-state index < -0.39 is 6.10 Å². The first-order chi connectivity index (χ1) is 35.5. The number of allylic oxidation sites excluding steroid dienone is 18. The first-order valence-electron chi connectivity index (χ1n) is 29.9. The van der Waals surface area contributed by atoms with Crippen LogP contribution in [0.15, 0.2) is 109 Å². The van der Waals surface area contributed by atoms with Gasteiger partial charge in [-0.05, 0) is 109 Å². The summed E-state index contributed by atoms with van der Waals surface area (Å²) in [4.78, 5) is 38.2. The minimum atomic E-state index is -0.821. The molecular weight excluding hydrogens is 889 g/mol. The Morgan fingerprint density at radius 3 is 1.01 bits per heavy atom. The molecule has 0 bridgehead atoms. The van der Waals surface area contributed by atoms with Crippen LogP contribution in [0.4, 0.5) is 0 Å². The molecule has 6 nitrogen and oxygen atoms in total. The maximum atomic E-state index is 12.9. The van der Waals surface area contributed by atoms with Crippen LogP contribution in [0.25, 0.3) is 0 Å². The molecule has 6 heteroatoms. The third-order valence-corrected chi connectivity index (χ3v) is 12.5. The number of rotatable bonds is 53. The molecule has 0 radical (unpaired) electrons. The van der Waals surface area contributed by atoms with Crippen molar-refractivity contribution in [2.45, 2.75) is 277 Å². The zero-order valence-electron chi connectivity index (χ0n) is 46.9. The van der Waals surface area contributed by atoms with Crippen molar-refractivity contribution in [3.63, 3.8) is 0 Å². The second-order valence-corrected chi connectivity index (χ2v) is 19.5. The van der Waals surface area contributed by atoms with Gasteiger partial charge in [-0.3, -0.25) is 14.4 Å². The van der Waals surface area contributed by atoms with Crippen LogP contribution in [-0.2, 0) is 28.6 Å². The standard InChI is InChI=1S/C66H110O6/c1-4-7-10-13-16-19-22-25-28-31-33-36-38-41-44-47-50-53-56-59-65(68)71-62-63(61-70-64(67)58-55-52-49-46-43-40-37-34-30-27-24-21-18-15-12-9-6-3)72-66(69)60-57-54-51-48-45-42-39-35-32-29-26-23-20-17-14-11-8-5-2/h7,10,16,19,25,27-30,32-33,35-36,39,41,44,50,53,63H,4-6,8-9,11-15,17-18,20-24,26,31,34,37-38,40,42-43,45-49,51-52,54-62H2,1-3H3/b10-7-,19-16-,28-25-,30-27-,32-29-,36-33-,39-35-,44-41-,53-50-. The van der Waals surface area contributed by atoms with Gasteiger partial charge in [0.25, 0.3) is 0 Å². The van der Waals surface area contributed by atoms with Crippen LogP contribution in [0.3, 0.4) is 0 Å². The Morgan fingerprint density at radius 1 is 0.306 bits per heavy atom. The Balaban J connectivity index is 4.54. The lowest BCUT2D eigenvalue weighted by Crippen LogP contribution is -2.30. The maximum Gasteiger partial charge on any atom is 0.306 e. The Morgan fingerprint density at radius 2 is 0.611 bits per heavy atom. The highest BCUT2D eigenvalue weighted by Gasteiger charge is 2.19. The van der Waals surface area contributed by atoms with Gasteiger partial charge >= 0.3 is 17.9 Å². The van der Waals surface area contributed by atoms with Crippen LogP contribution >= 0.6 is 0 Å². The van der Waals surface area contributed by atoms with Crippen molar-refractivity contribution < 1.29 is 28.6 Å². The number of hydrogen-bond acceptors (Lipinski definition) is 6. The summed E-state index contributed by atoms with van der Waals surface area (Å²) in [6, 6.07) is 0. The molecular formula is C66H110O6. The van der Waals surface area contributed by atoms with E-state index in [0.717, 1.165) is 96.3 Å². The van der Waals surface area contributed by atoms with Gasteiger partial charge in [0.05, 0.1) is 0 Å². The largest absolute Gasteiger partial charge is 0.462 e. The molecule has 0 spiro atoms. The molecule has 0 heterocycles. The van der Waals surface area contributed by atoms with Gasteiger partial charge in [0, 0.05) is 19.3 Å². The summed E-state index contributed by atoms with van der Waals surface area (Å²) in [6.07, 6.45) is 80.9. The third kappa shape index (κ3) is 57.0. The van der Waals surface area contributed by atoms with E-state index in [1.165, 1.54) is 128 Å². The second kappa shape index (κ2) is 59.6. The number of esters is 3. The number of ether oxygens (including phenoxy) is 3. The molecule has 0 aliphatic rings. The molecule has 72 heavy (non-hydrogen) atoms. The van der Waals surface area contributed by atoms with Crippen molar-refractivity contribution >= 4 is 17.9 Å². The van der Waals surface area contributed by atoms with E-state index in [-0.39, 0.29) is 37.5 Å². The van der Waals surface area contributed by atoms with Gasteiger partial charge in [-0.25, -0.2) is 0 Å². The molecule has 0 amide bonds. The highest BCUT2D eigenvalue weighted by molar-refractivity contribution is 5.71. The summed E-state index contributed by atoms with van der Waals surface area (Å²) < 4.78 is 16.8. The van der Waals surface area contributed by atoms with E-state index in [4.69, 9.17) is 14.2 Å². The van der Waals surface area contributed by atoms with E-state index in [2.05, 4.69) is 124 Å². The van der Waals surface area contributed by atoms with E-state index in [1.807, 2.05) is 6.08 Å². The molecule has 410 valence electrons. The lowest BCUT2D eigenvalue weighted by Gasteiger charge is -2.18. The predicted octanol–water partition coefficient (Wildman–Crippen LogP) is 20.3. The first-order valence-corrected chi connectivity index (χ1v) is 29.9. The summed E-state index contributed by atoms with van der Waals surface area (Å²) in [6.45, 7) is 6.45. The minimum absolute atomic E-state index is 0.111. The molecule has 0 aliphatic carbocycles. The molecule has 1 atom stereocenters. The van der Waals surface area contributed by atoms with Crippen molar-refractivity contribution in [3.8, 4) is 0 Å². The number of unbranched alkanes of at least 4 members (excludes halogenated alkanes) is 25. The van der Waals surface area contributed by atoms with E-state index in [0.29, 0.717) is 19.3 Å². The van der Waals surface area contributed by atoms with Crippen LogP contribution < -0.4 is 0 Å². The molecule has 0 rings (SSSR count). The lowest BCUT2D eigenvalue weighted by atomic mass is 10.1. The molecule has 0 N–H and O–H groups in total. The predicted molar refractivity (Wildman–Crippen MR) is 311 cm³/mol. The smallest absolute Gasteiger partial charge is 0.306 e. The summed E-state index contributed by atoms with van der Waals surface area (Å²) >= 11 is 0. The fourth-order valence-electron chi connectivity index (χ4n) is 8.04. The normalized spacial score (nSPS) is 12.9. The van der Waals surface area contributed by atoms with E-state index in [1.54, 1.807) is 0 Å². The molecule has 0 saturated heterocycles. The lowest BCUT2D eigenvalue weighted by molar-refractivity contribution is -0.166. The molecule has 0 aromatic carbocycles. The van der Waals surface area contributed by atoms with Crippen molar-refractivity contribution in [1.29, 1.82) is 0 Å². The maximum absolute atomic E-state index is 12.9. The van der Waals surface area contributed by atoms with Crippen LogP contribution in [0.5, 0.6) is 0 Å². The Hall–Kier alpha value is -3.93. The topological polar surface area (TPSA) is 78.9 Å². The highest BCUT2D eigenvalue weighted by atomic mass is 16.6. The zero-order valence-corrected chi connectivity index (χ0v) is 46.9. The van der Waals surface area contributed by atoms with Crippen molar-refractivity contribution in [1.82, 2.24) is 0 Å². The fraction of sp³-hybridized carbons (Fsp3) is 0.682. The monoisotopic (exact) mass is 999 g/mol. The Bertz CT molecular complexity index is 1470. The fourth-order valence-corrected chi connectivity index (χ4v) is 8.04. The van der Waals surface area contributed by atoms with E-state index in [9.17, 15) is 14.4 Å². The third-order valence-electron chi connectivity index (χ3n) is 12.5. The van der Waals surface area contributed by atoms with Gasteiger partial charge in [-0.1, -0.05) is 252 Å². The van der Waals surface area contributed by atoms with Gasteiger partial charge in [0.2, 0.25) is 0 Å². The zero-order chi connectivity index (χ0) is 52.2. The van der Waals surface area contributed by atoms with Crippen LogP contribution in [0.2, 0.25) is 0 Å². The quantitative estimate of drug-likeness (QED) is 0.0199. The van der Waals surface area contributed by atoms with Crippen LogP contribution in [0.1, 0.15) is 271 Å². The van der Waals surface area contributed by atoms with Gasteiger partial charge < -0.3 is 14.2 Å². The second-order valence-electron chi connectivity index (χ2n) is 19.5. The first kappa shape index (κ1) is 68.1. The molecule has 0 aromatic heterocycles. The Kier molecular flexibility index (Phi) is 56.4. The highest BCUT2D eigenvalue weighted by Crippen LogP contribution is 2.14. The van der Waals surface area contributed by atoms with Crippen LogP contribution in [0, 0.1) is 0 Å². The minimum Gasteiger partial charge on any atom is -0.462 e. The molecule has 1 unspecified atom stereocenters. The summed E-state index contributed by atoms with van der Waals surface area (Å²) in [5.74, 6) is -1.01. The summed E-state index contributed by atoms with van der Waals surface area (Å²) in [7, 11) is 0. The molecule has 0 fully saturated rings. The van der Waals surface area contributed by atoms with Gasteiger partial charge in [0.1, 0.15) is 13.2 Å². The average Bonchev–Trinajstić information content (AvgIpc) is 3.38. The summed E-state index contributed by atoms with van der Waals surface area (Å²) in [5, 5.41) is 0. The van der Waals surface area contributed by atoms with Crippen molar-refractivity contribution in [2.75, 3.05) is 13.2 Å². The van der Waals surface area contributed by atoms with Gasteiger partial charge in [-0.15, -0.1) is 0 Å².